The van der Waals surface area contributed by atoms with Crippen molar-refractivity contribution in [3.05, 3.63) is 13.8 Å². The van der Waals surface area contributed by atoms with E-state index in [0.717, 1.165) is 17.7 Å². The molecule has 2 heteroatoms. The van der Waals surface area contributed by atoms with Crippen LogP contribution in [-0.2, 0) is 11.3 Å². The highest BCUT2D eigenvalue weighted by Gasteiger charge is 1.92. The lowest BCUT2D eigenvalue weighted by Gasteiger charge is -1.91. The van der Waals surface area contributed by atoms with Crippen molar-refractivity contribution in [2.75, 3.05) is 0 Å². The van der Waals surface area contributed by atoms with Gasteiger partial charge < -0.3 is 6.92 Å². The summed E-state index contributed by atoms with van der Waals surface area (Å²) in [4.78, 5) is 0.903. The van der Waals surface area contributed by atoms with Crippen LogP contribution in [0.3, 0.4) is 0 Å². The Morgan fingerprint density at radius 3 is 2.50 bits per heavy atom. The Kier molecular flexibility index (Phi) is 4.76. The van der Waals surface area contributed by atoms with Gasteiger partial charge >= 0.3 is 0 Å². The first kappa shape index (κ1) is 7.76. The maximum absolute atomic E-state index is 10.1. The highest BCUT2D eigenvalue weighted by Crippen LogP contribution is 1.91. The minimum absolute atomic E-state index is 0.559. The summed E-state index contributed by atoms with van der Waals surface area (Å²) in [7, 11) is 0. The monoisotopic (exact) mass is 130 g/mol. The fourth-order valence-electron chi connectivity index (χ4n) is 0.406. The van der Waals surface area contributed by atoms with Gasteiger partial charge in [-0.2, -0.15) is 6.42 Å². The highest BCUT2D eigenvalue weighted by molar-refractivity contribution is 7.66. The van der Waals surface area contributed by atoms with Gasteiger partial charge in [-0.15, -0.1) is 0 Å². The molecule has 0 bridgehead atoms. The maximum Gasteiger partial charge on any atom is 0.118 e. The van der Waals surface area contributed by atoms with E-state index in [4.69, 9.17) is 0 Å². The van der Waals surface area contributed by atoms with Crippen molar-refractivity contribution in [3.8, 4) is 0 Å². The van der Waals surface area contributed by atoms with E-state index >= 15 is 0 Å². The van der Waals surface area contributed by atoms with E-state index in [-0.39, 0.29) is 0 Å². The molecule has 0 unspecified atom stereocenters. The van der Waals surface area contributed by atoms with E-state index in [1.54, 1.807) is 0 Å². The topological polar surface area (TPSA) is 17.1 Å². The lowest BCUT2D eigenvalue weighted by molar-refractivity contribution is 0.700. The van der Waals surface area contributed by atoms with Crippen molar-refractivity contribution >= 4 is 16.1 Å². The molecule has 0 aromatic rings. The van der Waals surface area contributed by atoms with Gasteiger partial charge in [0.15, 0.2) is 0 Å². The molecule has 0 heterocycles. The van der Waals surface area contributed by atoms with E-state index in [1.165, 1.54) is 0 Å². The molecule has 0 atom stereocenters. The van der Waals surface area contributed by atoms with Gasteiger partial charge in [-0.1, -0.05) is 0 Å². The van der Waals surface area contributed by atoms with Gasteiger partial charge in [0.05, 0.1) is 23.0 Å². The van der Waals surface area contributed by atoms with Gasteiger partial charge in [0.2, 0.25) is 0 Å². The van der Waals surface area contributed by atoms with Crippen LogP contribution in [0.2, 0.25) is 0 Å². The largest absolute Gasteiger partial charge is 0.343 e. The Balaban J connectivity index is 3.55. The molecule has 0 radical (unpaired) electrons. The van der Waals surface area contributed by atoms with E-state index in [2.05, 4.69) is 13.8 Å². The fraction of sp³-hybridized carbons (Fsp3) is 0.500. The summed E-state index contributed by atoms with van der Waals surface area (Å²) in [6, 6.07) is 0. The molecule has 0 aromatic carbocycles. The Labute approximate surface area is 54.2 Å². The summed E-state index contributed by atoms with van der Waals surface area (Å²) in [6.07, 6.45) is 2.27. The van der Waals surface area contributed by atoms with Gasteiger partial charge in [0, 0.05) is 0 Å². The van der Waals surface area contributed by atoms with Crippen LogP contribution in [0.4, 0.5) is 0 Å². The van der Waals surface area contributed by atoms with Crippen molar-refractivity contribution in [3.63, 3.8) is 0 Å². The van der Waals surface area contributed by atoms with Crippen LogP contribution in [0.1, 0.15) is 19.3 Å². The van der Waals surface area contributed by atoms with Crippen LogP contribution in [0.15, 0.2) is 0 Å². The summed E-state index contributed by atoms with van der Waals surface area (Å²) in [5.74, 6) is 0. The van der Waals surface area contributed by atoms with Crippen LogP contribution in [0.25, 0.3) is 0 Å². The molecule has 0 N–H and O–H groups in total. The predicted molar refractivity (Wildman–Crippen MR) is 37.7 cm³/mol. The normalized spacial score (nSPS) is 8.62. The van der Waals surface area contributed by atoms with Crippen molar-refractivity contribution in [2.24, 2.45) is 0 Å². The van der Waals surface area contributed by atoms with E-state index in [1.807, 2.05) is 0 Å². The second-order valence-electron chi connectivity index (χ2n) is 1.48. The molecule has 0 aliphatic rings. The number of rotatable bonds is 3. The predicted octanol–water partition coefficient (Wildman–Crippen LogP) is 1.21. The molecule has 46 valence electrons. The quantitative estimate of drug-likeness (QED) is 0.414. The summed E-state index contributed by atoms with van der Waals surface area (Å²) < 4.78 is 10.1. The van der Waals surface area contributed by atoms with E-state index in [9.17, 15) is 4.21 Å². The Morgan fingerprint density at radius 2 is 2.38 bits per heavy atom. The van der Waals surface area contributed by atoms with Crippen molar-refractivity contribution < 1.29 is 4.21 Å². The van der Waals surface area contributed by atoms with Gasteiger partial charge in [-0.25, -0.2) is 4.21 Å². The van der Waals surface area contributed by atoms with Crippen LogP contribution < -0.4 is 0 Å². The van der Waals surface area contributed by atoms with Gasteiger partial charge in [-0.05, 0) is 6.42 Å². The molecule has 1 nitrogen and oxygen atoms in total. The highest BCUT2D eigenvalue weighted by atomic mass is 32.1. The van der Waals surface area contributed by atoms with Crippen LogP contribution in [0.5, 0.6) is 0 Å². The lowest BCUT2D eigenvalue weighted by atomic mass is 10.2. The fourth-order valence-corrected chi connectivity index (χ4v) is 0.717. The Bertz CT molecular complexity index is 103. The molecule has 8 heavy (non-hydrogen) atoms. The first-order valence-electron chi connectivity index (χ1n) is 2.58. The molecule has 0 aromatic heterocycles. The van der Waals surface area contributed by atoms with E-state index < -0.39 is 0 Å². The summed E-state index contributed by atoms with van der Waals surface area (Å²) in [6.45, 7) is 7.21. The summed E-state index contributed by atoms with van der Waals surface area (Å²) in [5.41, 5.74) is 0. The second-order valence-corrected chi connectivity index (χ2v) is 2.22. The molecular weight excluding hydrogens is 120 g/mol. The van der Waals surface area contributed by atoms with Crippen molar-refractivity contribution in [1.82, 2.24) is 0 Å². The third-order valence-electron chi connectivity index (χ3n) is 0.852. The molecule has 0 spiro atoms. The first-order valence-corrected chi connectivity index (χ1v) is 3.32. The minimum Gasteiger partial charge on any atom is -0.343 e. The smallest absolute Gasteiger partial charge is 0.118 e. The third kappa shape index (κ3) is 2.86. The van der Waals surface area contributed by atoms with Gasteiger partial charge in [-0.3, -0.25) is 0 Å². The summed E-state index contributed by atoms with van der Waals surface area (Å²) in [5, 5.41) is 0. The average molecular weight is 130 g/mol. The molecule has 0 aliphatic heterocycles. The van der Waals surface area contributed by atoms with Crippen LogP contribution in [0, 0.1) is 13.8 Å². The average Bonchev–Trinajstić information content (AvgIpc) is 1.83. The van der Waals surface area contributed by atoms with Crippen LogP contribution >= 0.6 is 0 Å². The van der Waals surface area contributed by atoms with Crippen LogP contribution in [-0.4, -0.2) is 9.07 Å². The molecule has 0 fully saturated rings. The summed E-state index contributed by atoms with van der Waals surface area (Å²) >= 11 is 0.559. The van der Waals surface area contributed by atoms with Crippen molar-refractivity contribution in [1.29, 1.82) is 0 Å². The zero-order valence-corrected chi connectivity index (χ0v) is 5.67. The third-order valence-corrected chi connectivity index (χ3v) is 1.50. The van der Waals surface area contributed by atoms with Gasteiger partial charge in [0.25, 0.3) is 0 Å². The first-order chi connectivity index (χ1) is 3.85. The standard InChI is InChI=1S/C6H10OS/c1-3-5-6(4-2)8-7/h1-5H2. The molecular formula is C6H10OS. The molecule has 0 amide bonds. The second kappa shape index (κ2) is 4.91. The molecule has 0 saturated heterocycles. The molecule has 0 rings (SSSR count). The zero-order chi connectivity index (χ0) is 6.41. The number of hydrogen-bond donors (Lipinski definition) is 0. The molecule has 0 saturated carbocycles. The lowest BCUT2D eigenvalue weighted by Crippen LogP contribution is -1.92. The Morgan fingerprint density at radius 1 is 1.75 bits per heavy atom. The maximum atomic E-state index is 10.1. The number of hydrogen-bond acceptors (Lipinski definition) is 1. The molecule has 0 aliphatic carbocycles. The zero-order valence-electron chi connectivity index (χ0n) is 4.85. The Hall–Kier alpha value is -0.240. The van der Waals surface area contributed by atoms with E-state index in [0.29, 0.717) is 17.7 Å². The van der Waals surface area contributed by atoms with Crippen molar-refractivity contribution in [2.45, 2.75) is 19.3 Å². The van der Waals surface area contributed by atoms with Gasteiger partial charge in [0.1, 0.15) is 6.42 Å². The SMILES string of the molecule is [CH2+]CC(CC[CH2-])=S=O. The minimum atomic E-state index is 0.559.